The largest absolute Gasteiger partial charge is 0.382 e. The van der Waals surface area contributed by atoms with Crippen LogP contribution in [-0.4, -0.2) is 16.2 Å². The van der Waals surface area contributed by atoms with Crippen molar-refractivity contribution in [1.29, 1.82) is 0 Å². The zero-order chi connectivity index (χ0) is 21.3. The third-order valence-corrected chi connectivity index (χ3v) is 5.33. The van der Waals surface area contributed by atoms with E-state index in [-0.39, 0.29) is 12.2 Å². The number of nitrogen functional groups attached to an aromatic ring is 1. The van der Waals surface area contributed by atoms with E-state index in [4.69, 9.17) is 11.5 Å². The fraction of sp³-hybridized carbons (Fsp3) is 0.0476. The van der Waals surface area contributed by atoms with Gasteiger partial charge in [0, 0.05) is 16.7 Å². The number of rotatable bonds is 4. The van der Waals surface area contributed by atoms with Crippen LogP contribution in [-0.2, 0) is 6.54 Å². The minimum absolute atomic E-state index is 0.0692. The lowest BCUT2D eigenvalue weighted by molar-refractivity contribution is 0.262. The van der Waals surface area contributed by atoms with Crippen LogP contribution in [0, 0.1) is 5.82 Å². The van der Waals surface area contributed by atoms with E-state index in [1.54, 1.807) is 18.2 Å². The van der Waals surface area contributed by atoms with Crippen molar-refractivity contribution in [3.63, 3.8) is 0 Å². The molecule has 30 heavy (non-hydrogen) atoms. The molecule has 0 fully saturated rings. The number of amides is 2. The van der Waals surface area contributed by atoms with Crippen molar-refractivity contribution < 1.29 is 9.18 Å². The van der Waals surface area contributed by atoms with E-state index in [9.17, 15) is 9.18 Å². The molecule has 0 spiro atoms. The van der Waals surface area contributed by atoms with Gasteiger partial charge in [-0.25, -0.2) is 9.18 Å². The molecule has 152 valence electrons. The van der Waals surface area contributed by atoms with Crippen molar-refractivity contribution in [2.75, 3.05) is 16.4 Å². The first-order valence-corrected chi connectivity index (χ1v) is 9.84. The van der Waals surface area contributed by atoms with Crippen molar-refractivity contribution in [2.24, 2.45) is 5.73 Å². The normalized spacial score (nSPS) is 10.9. The lowest BCUT2D eigenvalue weighted by Gasteiger charge is -2.11. The quantitative estimate of drug-likeness (QED) is 0.294. The zero-order valence-electron chi connectivity index (χ0n) is 15.7. The number of nitrogens with zero attached hydrogens (tertiary/aromatic N) is 1. The van der Waals surface area contributed by atoms with Gasteiger partial charge in [-0.05, 0) is 63.0 Å². The Bertz CT molecular complexity index is 1240. The molecule has 9 heteroatoms. The molecule has 0 aliphatic heterocycles. The number of urea groups is 1. The Kier molecular flexibility index (Phi) is 5.39. The predicted octanol–water partition coefficient (Wildman–Crippen LogP) is 4.82. The second-order valence-electron chi connectivity index (χ2n) is 6.63. The van der Waals surface area contributed by atoms with Crippen LogP contribution in [0.4, 0.5) is 26.4 Å². The first-order chi connectivity index (χ1) is 14.5. The van der Waals surface area contributed by atoms with Crippen molar-refractivity contribution in [1.82, 2.24) is 10.2 Å². The summed E-state index contributed by atoms with van der Waals surface area (Å²) >= 11 is 3.48. The number of aromatic nitrogens is 2. The van der Waals surface area contributed by atoms with E-state index >= 15 is 0 Å². The fourth-order valence-corrected chi connectivity index (χ4v) is 3.60. The Morgan fingerprint density at radius 1 is 1.10 bits per heavy atom. The molecule has 0 aliphatic carbocycles. The third kappa shape index (κ3) is 3.85. The van der Waals surface area contributed by atoms with Gasteiger partial charge in [0.25, 0.3) is 0 Å². The lowest BCUT2D eigenvalue weighted by Crippen LogP contribution is -2.20. The maximum Gasteiger partial charge on any atom is 0.323 e. The van der Waals surface area contributed by atoms with Crippen LogP contribution in [0.3, 0.4) is 0 Å². The molecule has 1 heterocycles. The van der Waals surface area contributed by atoms with Crippen molar-refractivity contribution in [3.8, 4) is 11.1 Å². The lowest BCUT2D eigenvalue weighted by atomic mass is 10.0. The number of benzene rings is 3. The number of carbonyl (C=O) groups is 1. The maximum atomic E-state index is 13.9. The van der Waals surface area contributed by atoms with Gasteiger partial charge in [-0.2, -0.15) is 5.10 Å². The Balaban J connectivity index is 1.53. The molecule has 4 aromatic rings. The molecule has 1 aromatic heterocycles. The smallest absolute Gasteiger partial charge is 0.323 e. The highest BCUT2D eigenvalue weighted by Crippen LogP contribution is 2.35. The van der Waals surface area contributed by atoms with E-state index < -0.39 is 11.8 Å². The Morgan fingerprint density at radius 3 is 2.60 bits per heavy atom. The second kappa shape index (κ2) is 8.13. The van der Waals surface area contributed by atoms with Crippen LogP contribution in [0.2, 0.25) is 0 Å². The van der Waals surface area contributed by atoms with Crippen LogP contribution in [0.5, 0.6) is 0 Å². The number of halogens is 2. The predicted molar refractivity (Wildman–Crippen MR) is 121 cm³/mol. The number of hydrogen-bond acceptors (Lipinski definition) is 4. The molecule has 0 saturated carbocycles. The monoisotopic (exact) mass is 468 g/mol. The number of hydrogen-bond donors (Lipinski definition) is 5. The van der Waals surface area contributed by atoms with Crippen LogP contribution in [0.25, 0.3) is 22.0 Å². The number of anilines is 3. The van der Waals surface area contributed by atoms with Gasteiger partial charge in [-0.3, -0.25) is 5.10 Å². The summed E-state index contributed by atoms with van der Waals surface area (Å²) in [5.74, 6) is -0.126. The van der Waals surface area contributed by atoms with Gasteiger partial charge in [0.2, 0.25) is 0 Å². The summed E-state index contributed by atoms with van der Waals surface area (Å²) < 4.78 is 14.8. The van der Waals surface area contributed by atoms with Crippen molar-refractivity contribution >= 4 is 50.1 Å². The van der Waals surface area contributed by atoms with Crippen LogP contribution in [0.1, 0.15) is 5.56 Å². The number of nitrogens with two attached hydrogens (primary N) is 2. The van der Waals surface area contributed by atoms with Gasteiger partial charge >= 0.3 is 6.03 Å². The summed E-state index contributed by atoms with van der Waals surface area (Å²) in [6.07, 6.45) is 0. The van der Waals surface area contributed by atoms with E-state index in [0.717, 1.165) is 32.1 Å². The molecule has 0 radical (unpaired) electrons. The molecule has 3 aromatic carbocycles. The van der Waals surface area contributed by atoms with Crippen LogP contribution < -0.4 is 22.1 Å². The zero-order valence-corrected chi connectivity index (χ0v) is 17.3. The van der Waals surface area contributed by atoms with Crippen LogP contribution >= 0.6 is 15.9 Å². The standard InChI is InChI=1S/C21H18BrFN6O/c22-15-7-6-14(18-19(15)28-29-20(18)25)12-2-4-13(5-3-12)26-21(30)27-17-9-11(10-24)1-8-16(17)23/h1-9H,10,24H2,(H3,25,28,29)(H2,26,27,30). The number of nitrogens with one attached hydrogen (secondary N) is 3. The summed E-state index contributed by atoms with van der Waals surface area (Å²) in [7, 11) is 0. The van der Waals surface area contributed by atoms with E-state index in [1.807, 2.05) is 24.3 Å². The first-order valence-electron chi connectivity index (χ1n) is 9.05. The average Bonchev–Trinajstić information content (AvgIpc) is 3.13. The van der Waals surface area contributed by atoms with Gasteiger partial charge in [-0.1, -0.05) is 24.3 Å². The minimum Gasteiger partial charge on any atom is -0.382 e. The molecular weight excluding hydrogens is 451 g/mol. The number of carbonyl (C=O) groups excluding carboxylic acids is 1. The van der Waals surface area contributed by atoms with E-state index in [1.165, 1.54) is 12.1 Å². The molecule has 4 rings (SSSR count). The second-order valence-corrected chi connectivity index (χ2v) is 7.48. The SMILES string of the molecule is NCc1ccc(F)c(NC(=O)Nc2ccc(-c3ccc(Br)c4[nH]nc(N)c34)cc2)c1. The highest BCUT2D eigenvalue weighted by atomic mass is 79.9. The summed E-state index contributed by atoms with van der Waals surface area (Å²) in [4.78, 5) is 12.3. The van der Waals surface area contributed by atoms with E-state index in [2.05, 4.69) is 36.8 Å². The highest BCUT2D eigenvalue weighted by molar-refractivity contribution is 9.10. The molecule has 0 saturated heterocycles. The first kappa shape index (κ1) is 19.9. The van der Waals surface area contributed by atoms with Gasteiger partial charge in [0.15, 0.2) is 5.82 Å². The third-order valence-electron chi connectivity index (χ3n) is 4.67. The Labute approximate surface area is 179 Å². The molecule has 0 atom stereocenters. The molecule has 2 amide bonds. The summed E-state index contributed by atoms with van der Waals surface area (Å²) in [6.45, 7) is 0.253. The van der Waals surface area contributed by atoms with E-state index in [0.29, 0.717) is 11.5 Å². The van der Waals surface area contributed by atoms with Gasteiger partial charge in [0.05, 0.1) is 16.6 Å². The van der Waals surface area contributed by atoms with Gasteiger partial charge in [0.1, 0.15) is 5.82 Å². The Morgan fingerprint density at radius 2 is 1.87 bits per heavy atom. The highest BCUT2D eigenvalue weighted by Gasteiger charge is 2.13. The maximum absolute atomic E-state index is 13.9. The molecule has 7 nitrogen and oxygen atoms in total. The number of aromatic amines is 1. The molecule has 0 bridgehead atoms. The van der Waals surface area contributed by atoms with Crippen molar-refractivity contribution in [2.45, 2.75) is 6.54 Å². The van der Waals surface area contributed by atoms with Crippen LogP contribution in [0.15, 0.2) is 59.1 Å². The topological polar surface area (TPSA) is 122 Å². The molecule has 7 N–H and O–H groups in total. The van der Waals surface area contributed by atoms with Crippen molar-refractivity contribution in [3.05, 3.63) is 70.5 Å². The molecule has 0 aliphatic rings. The molecule has 0 unspecified atom stereocenters. The minimum atomic E-state index is -0.555. The number of fused-ring (bicyclic) bond motifs is 1. The molecular formula is C21H18BrFN6O. The number of H-pyrrole nitrogens is 1. The summed E-state index contributed by atoms with van der Waals surface area (Å²) in [5.41, 5.74) is 15.6. The fourth-order valence-electron chi connectivity index (χ4n) is 3.18. The summed E-state index contributed by atoms with van der Waals surface area (Å²) in [5, 5.41) is 13.0. The average molecular weight is 469 g/mol. The summed E-state index contributed by atoms with van der Waals surface area (Å²) in [6, 6.07) is 14.9. The van der Waals surface area contributed by atoms with Gasteiger partial charge in [-0.15, -0.1) is 0 Å². The van der Waals surface area contributed by atoms with Gasteiger partial charge < -0.3 is 22.1 Å². The Hall–Kier alpha value is -3.43.